The van der Waals surface area contributed by atoms with Gasteiger partial charge in [-0.3, -0.25) is 0 Å². The van der Waals surface area contributed by atoms with Crippen LogP contribution in [0.3, 0.4) is 0 Å². The molecule has 0 aliphatic carbocycles. The van der Waals surface area contributed by atoms with Crippen LogP contribution >= 0.6 is 0 Å². The third kappa shape index (κ3) is 2.58. The number of H-pyrrole nitrogens is 1. The third-order valence-electron chi connectivity index (χ3n) is 8.96. The van der Waals surface area contributed by atoms with E-state index in [1.807, 2.05) is 0 Å². The highest BCUT2D eigenvalue weighted by molar-refractivity contribution is 6.27. The first-order chi connectivity index (χ1) is 19.8. The second kappa shape index (κ2) is 7.19. The molecule has 0 unspecified atom stereocenters. The van der Waals surface area contributed by atoms with Crippen LogP contribution in [0.2, 0.25) is 0 Å². The fraction of sp³-hybridized carbons (Fsp3) is 0. The summed E-state index contributed by atoms with van der Waals surface area (Å²) in [6.07, 6.45) is 0. The Morgan fingerprint density at radius 2 is 0.925 bits per heavy atom. The van der Waals surface area contributed by atoms with Crippen LogP contribution in [0.1, 0.15) is 0 Å². The van der Waals surface area contributed by atoms with Crippen molar-refractivity contribution in [1.82, 2.24) is 9.38 Å². The second-order valence-corrected chi connectivity index (χ2v) is 11.1. The summed E-state index contributed by atoms with van der Waals surface area (Å²) in [5.41, 5.74) is 8.68. The normalized spacial score (nSPS) is 12.5. The lowest BCUT2D eigenvalue weighted by Gasteiger charge is -2.06. The minimum absolute atomic E-state index is 1.18. The van der Waals surface area contributed by atoms with Crippen molar-refractivity contribution in [3.8, 4) is 11.1 Å². The van der Waals surface area contributed by atoms with E-state index in [0.717, 1.165) is 0 Å². The van der Waals surface area contributed by atoms with Crippen LogP contribution in [0.25, 0.3) is 92.6 Å². The van der Waals surface area contributed by atoms with Gasteiger partial charge < -0.3 is 9.38 Å². The van der Waals surface area contributed by atoms with Gasteiger partial charge in [0.25, 0.3) is 0 Å². The number of aromatic amines is 1. The highest BCUT2D eigenvalue weighted by Crippen LogP contribution is 2.44. The maximum absolute atomic E-state index is 3.64. The van der Waals surface area contributed by atoms with E-state index in [1.165, 1.54) is 92.6 Å². The van der Waals surface area contributed by atoms with E-state index in [4.69, 9.17) is 0 Å². The maximum atomic E-state index is 3.64. The lowest BCUT2D eigenvalue weighted by Crippen LogP contribution is -1.82. The van der Waals surface area contributed by atoms with Crippen LogP contribution < -0.4 is 0 Å². The topological polar surface area (TPSA) is 20.2 Å². The summed E-state index contributed by atoms with van der Waals surface area (Å²) in [7, 11) is 0. The SMILES string of the molecule is c1ccc2cc3c(cc2c1)c1cc(-c2ccc4c(c2)[nH]c2ccccc24)cc2c4cc5ccccc5cc4n3c12. The van der Waals surface area contributed by atoms with Crippen molar-refractivity contribution < 1.29 is 0 Å². The summed E-state index contributed by atoms with van der Waals surface area (Å²) >= 11 is 0. The molecule has 10 aromatic rings. The summed E-state index contributed by atoms with van der Waals surface area (Å²) in [5, 5.41) is 12.9. The van der Waals surface area contributed by atoms with Crippen LogP contribution in [0.5, 0.6) is 0 Å². The molecule has 0 aliphatic rings. The number of para-hydroxylation sites is 1. The van der Waals surface area contributed by atoms with E-state index in [0.29, 0.717) is 0 Å². The van der Waals surface area contributed by atoms with Gasteiger partial charge in [0.1, 0.15) is 0 Å². The van der Waals surface area contributed by atoms with Crippen LogP contribution in [0.4, 0.5) is 0 Å². The zero-order valence-corrected chi connectivity index (χ0v) is 21.6. The van der Waals surface area contributed by atoms with Crippen molar-refractivity contribution in [3.05, 3.63) is 127 Å². The van der Waals surface area contributed by atoms with Crippen LogP contribution in [-0.2, 0) is 0 Å². The zero-order valence-electron chi connectivity index (χ0n) is 21.6. The molecule has 0 spiro atoms. The molecular formula is C38H22N2. The lowest BCUT2D eigenvalue weighted by molar-refractivity contribution is 1.38. The van der Waals surface area contributed by atoms with Crippen molar-refractivity contribution in [3.63, 3.8) is 0 Å². The Balaban J connectivity index is 1.37. The molecule has 0 saturated carbocycles. The standard InChI is InChI=1S/C38H22N2/c1-3-9-24-20-36-30(15-22(24)7-1)32-17-27(26-13-14-29-28-11-5-6-12-34(28)39-35(29)19-26)18-33-31-16-23-8-2-4-10-25(23)21-37(31)40(36)38(32)33/h1-21,39H. The first-order valence-electron chi connectivity index (χ1n) is 13.9. The van der Waals surface area contributed by atoms with Gasteiger partial charge in [-0.05, 0) is 81.2 Å². The van der Waals surface area contributed by atoms with Gasteiger partial charge in [-0.2, -0.15) is 0 Å². The second-order valence-electron chi connectivity index (χ2n) is 11.1. The van der Waals surface area contributed by atoms with Crippen LogP contribution in [0, 0.1) is 0 Å². The fourth-order valence-corrected chi connectivity index (χ4v) is 7.12. The molecule has 7 aromatic carbocycles. The molecular weight excluding hydrogens is 484 g/mol. The molecule has 2 heteroatoms. The average Bonchev–Trinajstić information content (AvgIpc) is 3.64. The first-order valence-corrected chi connectivity index (χ1v) is 13.9. The predicted octanol–water partition coefficient (Wildman–Crippen LogP) is 10.4. The Labute approximate surface area is 229 Å². The number of nitrogens with zero attached hydrogens (tertiary/aromatic N) is 1. The van der Waals surface area contributed by atoms with Crippen LogP contribution in [-0.4, -0.2) is 9.38 Å². The van der Waals surface area contributed by atoms with Gasteiger partial charge in [-0.1, -0.05) is 78.9 Å². The molecule has 40 heavy (non-hydrogen) atoms. The number of rotatable bonds is 1. The smallest absolute Gasteiger partial charge is 0.0620 e. The highest BCUT2D eigenvalue weighted by Gasteiger charge is 2.20. The van der Waals surface area contributed by atoms with E-state index in [-0.39, 0.29) is 0 Å². The molecule has 184 valence electrons. The predicted molar refractivity (Wildman–Crippen MR) is 171 cm³/mol. The van der Waals surface area contributed by atoms with E-state index < -0.39 is 0 Å². The van der Waals surface area contributed by atoms with Gasteiger partial charge >= 0.3 is 0 Å². The molecule has 0 radical (unpaired) electrons. The average molecular weight is 507 g/mol. The minimum atomic E-state index is 1.18. The van der Waals surface area contributed by atoms with Gasteiger partial charge in [0, 0.05) is 43.4 Å². The number of aromatic nitrogens is 2. The third-order valence-corrected chi connectivity index (χ3v) is 8.96. The van der Waals surface area contributed by atoms with Gasteiger partial charge in [0.15, 0.2) is 0 Å². The Hall–Kier alpha value is -5.34. The van der Waals surface area contributed by atoms with Crippen LogP contribution in [0.15, 0.2) is 127 Å². The molecule has 0 fully saturated rings. The van der Waals surface area contributed by atoms with Gasteiger partial charge in [0.2, 0.25) is 0 Å². The lowest BCUT2D eigenvalue weighted by atomic mass is 9.97. The molecule has 0 atom stereocenters. The van der Waals surface area contributed by atoms with Crippen molar-refractivity contribution >= 4 is 81.4 Å². The number of nitrogens with one attached hydrogen (secondary N) is 1. The number of hydrogen-bond acceptors (Lipinski definition) is 0. The Bertz CT molecular complexity index is 2530. The summed E-state index contributed by atoms with van der Waals surface area (Å²) in [6, 6.07) is 47.1. The Morgan fingerprint density at radius 3 is 1.57 bits per heavy atom. The molecule has 10 rings (SSSR count). The van der Waals surface area contributed by atoms with Gasteiger partial charge in [-0.15, -0.1) is 0 Å². The van der Waals surface area contributed by atoms with Crippen molar-refractivity contribution in [1.29, 1.82) is 0 Å². The maximum Gasteiger partial charge on any atom is 0.0620 e. The summed E-state index contributed by atoms with van der Waals surface area (Å²) < 4.78 is 2.50. The van der Waals surface area contributed by atoms with Crippen molar-refractivity contribution in [2.45, 2.75) is 0 Å². The summed E-state index contributed by atoms with van der Waals surface area (Å²) in [6.45, 7) is 0. The molecule has 0 saturated heterocycles. The highest BCUT2D eigenvalue weighted by atomic mass is 14.9. The summed E-state index contributed by atoms with van der Waals surface area (Å²) in [4.78, 5) is 3.64. The molecule has 3 heterocycles. The molecule has 0 bridgehead atoms. The van der Waals surface area contributed by atoms with Crippen molar-refractivity contribution in [2.75, 3.05) is 0 Å². The van der Waals surface area contributed by atoms with E-state index in [9.17, 15) is 0 Å². The number of fused-ring (bicyclic) bond motifs is 11. The van der Waals surface area contributed by atoms with E-state index in [2.05, 4.69) is 137 Å². The molecule has 2 nitrogen and oxygen atoms in total. The van der Waals surface area contributed by atoms with Crippen molar-refractivity contribution in [2.24, 2.45) is 0 Å². The molecule has 0 aliphatic heterocycles. The Morgan fingerprint density at radius 1 is 0.375 bits per heavy atom. The van der Waals surface area contributed by atoms with Gasteiger partial charge in [-0.25, -0.2) is 0 Å². The largest absolute Gasteiger partial charge is 0.354 e. The first kappa shape index (κ1) is 20.6. The monoisotopic (exact) mass is 506 g/mol. The molecule has 1 N–H and O–H groups in total. The molecule has 0 amide bonds. The van der Waals surface area contributed by atoms with E-state index >= 15 is 0 Å². The molecule has 3 aromatic heterocycles. The summed E-state index contributed by atoms with van der Waals surface area (Å²) in [5.74, 6) is 0. The number of hydrogen-bond donors (Lipinski definition) is 1. The van der Waals surface area contributed by atoms with E-state index in [1.54, 1.807) is 0 Å². The Kier molecular flexibility index (Phi) is 3.70. The quantitative estimate of drug-likeness (QED) is 0.229. The van der Waals surface area contributed by atoms with Gasteiger partial charge in [0.05, 0.1) is 16.6 Å². The minimum Gasteiger partial charge on any atom is -0.354 e. The number of benzene rings is 7. The fourth-order valence-electron chi connectivity index (χ4n) is 7.12. The zero-order chi connectivity index (χ0) is 25.9.